The van der Waals surface area contributed by atoms with Gasteiger partial charge in [-0.1, -0.05) is 11.6 Å². The number of aromatic nitrogens is 1. The van der Waals surface area contributed by atoms with E-state index in [0.717, 1.165) is 25.2 Å². The van der Waals surface area contributed by atoms with Crippen molar-refractivity contribution in [1.82, 2.24) is 15.6 Å². The second-order valence-electron chi connectivity index (χ2n) is 3.15. The van der Waals surface area contributed by atoms with Gasteiger partial charge in [-0.05, 0) is 11.6 Å². The number of halogens is 1. The third-order valence-electron chi connectivity index (χ3n) is 2.17. The lowest BCUT2D eigenvalue weighted by Crippen LogP contribution is -2.42. The van der Waals surface area contributed by atoms with Crippen molar-refractivity contribution in [3.63, 3.8) is 0 Å². The third kappa shape index (κ3) is 2.18. The summed E-state index contributed by atoms with van der Waals surface area (Å²) in [4.78, 5) is 4.06. The van der Waals surface area contributed by atoms with E-state index in [0.29, 0.717) is 11.1 Å². The monoisotopic (exact) mass is 197 g/mol. The molecule has 1 atom stereocenters. The van der Waals surface area contributed by atoms with Crippen LogP contribution < -0.4 is 10.6 Å². The first-order valence-corrected chi connectivity index (χ1v) is 4.78. The predicted octanol–water partition coefficient (Wildman–Crippen LogP) is 0.969. The lowest BCUT2D eigenvalue weighted by molar-refractivity contribution is 0.429. The van der Waals surface area contributed by atoms with Gasteiger partial charge in [0.2, 0.25) is 0 Å². The van der Waals surface area contributed by atoms with Crippen LogP contribution in [0.1, 0.15) is 11.6 Å². The highest BCUT2D eigenvalue weighted by atomic mass is 35.5. The molecule has 0 saturated carbocycles. The number of nitrogens with zero attached hydrogens (tertiary/aromatic N) is 1. The number of hydrogen-bond acceptors (Lipinski definition) is 3. The van der Waals surface area contributed by atoms with E-state index >= 15 is 0 Å². The average Bonchev–Trinajstić information content (AvgIpc) is 2.19. The highest BCUT2D eigenvalue weighted by Crippen LogP contribution is 2.16. The molecule has 13 heavy (non-hydrogen) atoms. The molecule has 2 heterocycles. The maximum absolute atomic E-state index is 5.85. The van der Waals surface area contributed by atoms with Gasteiger partial charge in [-0.15, -0.1) is 0 Å². The molecule has 0 amide bonds. The topological polar surface area (TPSA) is 37.0 Å². The summed E-state index contributed by atoms with van der Waals surface area (Å²) in [6.45, 7) is 2.98. The summed E-state index contributed by atoms with van der Waals surface area (Å²) in [5.74, 6) is 0. The van der Waals surface area contributed by atoms with Crippen LogP contribution in [-0.4, -0.2) is 24.6 Å². The first kappa shape index (κ1) is 8.94. The van der Waals surface area contributed by atoms with Crippen LogP contribution in [0, 0.1) is 0 Å². The van der Waals surface area contributed by atoms with Gasteiger partial charge in [0, 0.05) is 38.1 Å². The second-order valence-corrected chi connectivity index (χ2v) is 3.58. The van der Waals surface area contributed by atoms with Crippen molar-refractivity contribution in [2.24, 2.45) is 0 Å². The number of piperazine rings is 1. The number of pyridine rings is 1. The van der Waals surface area contributed by atoms with E-state index in [1.54, 1.807) is 6.20 Å². The number of hydrogen-bond donors (Lipinski definition) is 2. The molecule has 1 aromatic rings. The van der Waals surface area contributed by atoms with Crippen LogP contribution in [0.2, 0.25) is 5.02 Å². The summed E-state index contributed by atoms with van der Waals surface area (Å²) >= 11 is 5.85. The summed E-state index contributed by atoms with van der Waals surface area (Å²) in [7, 11) is 0. The molecule has 2 rings (SSSR count). The Hall–Kier alpha value is -0.640. The standard InChI is InChI=1S/C9H12ClN3/c10-8-3-7(4-12-5-8)9-6-11-1-2-13-9/h3-5,9,11,13H,1-2,6H2/t9-/m0/s1. The van der Waals surface area contributed by atoms with E-state index in [2.05, 4.69) is 15.6 Å². The Balaban J connectivity index is 2.14. The van der Waals surface area contributed by atoms with E-state index in [4.69, 9.17) is 11.6 Å². The molecule has 0 bridgehead atoms. The van der Waals surface area contributed by atoms with Crippen LogP contribution in [0.15, 0.2) is 18.5 Å². The molecule has 0 spiro atoms. The largest absolute Gasteiger partial charge is 0.314 e. The Morgan fingerprint density at radius 3 is 3.00 bits per heavy atom. The van der Waals surface area contributed by atoms with Gasteiger partial charge in [0.05, 0.1) is 5.02 Å². The zero-order valence-corrected chi connectivity index (χ0v) is 8.01. The molecular formula is C9H12ClN3. The average molecular weight is 198 g/mol. The van der Waals surface area contributed by atoms with E-state index in [9.17, 15) is 0 Å². The van der Waals surface area contributed by atoms with Crippen molar-refractivity contribution in [3.8, 4) is 0 Å². The fourth-order valence-corrected chi connectivity index (χ4v) is 1.69. The van der Waals surface area contributed by atoms with Gasteiger partial charge in [-0.3, -0.25) is 4.98 Å². The fraction of sp³-hybridized carbons (Fsp3) is 0.444. The molecule has 2 N–H and O–H groups in total. The van der Waals surface area contributed by atoms with Gasteiger partial charge >= 0.3 is 0 Å². The van der Waals surface area contributed by atoms with Crippen LogP contribution in [0.25, 0.3) is 0 Å². The Morgan fingerprint density at radius 2 is 2.31 bits per heavy atom. The summed E-state index contributed by atoms with van der Waals surface area (Å²) in [5, 5.41) is 7.42. The van der Waals surface area contributed by atoms with E-state index < -0.39 is 0 Å². The van der Waals surface area contributed by atoms with Crippen LogP contribution in [-0.2, 0) is 0 Å². The van der Waals surface area contributed by atoms with Gasteiger partial charge < -0.3 is 10.6 Å². The first-order valence-electron chi connectivity index (χ1n) is 4.41. The molecule has 1 aliphatic rings. The van der Waals surface area contributed by atoms with Crippen molar-refractivity contribution in [1.29, 1.82) is 0 Å². The van der Waals surface area contributed by atoms with Crippen molar-refractivity contribution >= 4 is 11.6 Å². The van der Waals surface area contributed by atoms with Gasteiger partial charge in [0.1, 0.15) is 0 Å². The van der Waals surface area contributed by atoms with E-state index in [1.807, 2.05) is 12.3 Å². The molecule has 3 nitrogen and oxygen atoms in total. The number of nitrogens with one attached hydrogen (secondary N) is 2. The SMILES string of the molecule is Clc1cncc([C@@H]2CNCCN2)c1. The number of rotatable bonds is 1. The van der Waals surface area contributed by atoms with Gasteiger partial charge in [0.15, 0.2) is 0 Å². The van der Waals surface area contributed by atoms with Gasteiger partial charge in [0.25, 0.3) is 0 Å². The quantitative estimate of drug-likeness (QED) is 0.705. The molecule has 4 heteroatoms. The minimum absolute atomic E-state index is 0.347. The van der Waals surface area contributed by atoms with Crippen molar-refractivity contribution in [3.05, 3.63) is 29.0 Å². The zero-order chi connectivity index (χ0) is 9.10. The zero-order valence-electron chi connectivity index (χ0n) is 7.26. The van der Waals surface area contributed by atoms with E-state index in [1.165, 1.54) is 0 Å². The maximum atomic E-state index is 5.85. The normalized spacial score (nSPS) is 23.0. The maximum Gasteiger partial charge on any atom is 0.0592 e. The lowest BCUT2D eigenvalue weighted by atomic mass is 10.1. The second kappa shape index (κ2) is 4.05. The van der Waals surface area contributed by atoms with Crippen LogP contribution in [0.4, 0.5) is 0 Å². The highest BCUT2D eigenvalue weighted by molar-refractivity contribution is 6.30. The van der Waals surface area contributed by atoms with Crippen LogP contribution >= 0.6 is 11.6 Å². The Labute approximate surface area is 82.5 Å². The van der Waals surface area contributed by atoms with E-state index in [-0.39, 0.29) is 0 Å². The third-order valence-corrected chi connectivity index (χ3v) is 2.38. The Kier molecular flexibility index (Phi) is 2.78. The van der Waals surface area contributed by atoms with Crippen molar-refractivity contribution < 1.29 is 0 Å². The molecule has 0 unspecified atom stereocenters. The minimum Gasteiger partial charge on any atom is -0.314 e. The first-order chi connectivity index (χ1) is 6.36. The molecule has 0 aliphatic carbocycles. The Bertz CT molecular complexity index is 284. The van der Waals surface area contributed by atoms with Gasteiger partial charge in [-0.2, -0.15) is 0 Å². The lowest BCUT2D eigenvalue weighted by Gasteiger charge is -2.24. The molecule has 1 fully saturated rings. The minimum atomic E-state index is 0.347. The molecule has 0 radical (unpaired) electrons. The summed E-state index contributed by atoms with van der Waals surface area (Å²) in [5.41, 5.74) is 1.15. The smallest absolute Gasteiger partial charge is 0.0592 e. The molecule has 70 valence electrons. The Morgan fingerprint density at radius 1 is 1.38 bits per heavy atom. The molecule has 1 saturated heterocycles. The molecule has 1 aromatic heterocycles. The van der Waals surface area contributed by atoms with Crippen LogP contribution in [0.3, 0.4) is 0 Å². The van der Waals surface area contributed by atoms with Crippen molar-refractivity contribution in [2.45, 2.75) is 6.04 Å². The molecule has 0 aromatic carbocycles. The van der Waals surface area contributed by atoms with Crippen molar-refractivity contribution in [2.75, 3.05) is 19.6 Å². The van der Waals surface area contributed by atoms with Gasteiger partial charge in [-0.25, -0.2) is 0 Å². The highest BCUT2D eigenvalue weighted by Gasteiger charge is 2.14. The molecular weight excluding hydrogens is 186 g/mol. The summed E-state index contributed by atoms with van der Waals surface area (Å²) in [6.07, 6.45) is 3.51. The fourth-order valence-electron chi connectivity index (χ4n) is 1.51. The molecule has 1 aliphatic heterocycles. The van der Waals surface area contributed by atoms with Crippen LogP contribution in [0.5, 0.6) is 0 Å². The summed E-state index contributed by atoms with van der Waals surface area (Å²) in [6, 6.07) is 2.30. The predicted molar refractivity (Wildman–Crippen MR) is 52.9 cm³/mol. The summed E-state index contributed by atoms with van der Waals surface area (Å²) < 4.78 is 0.